The van der Waals surface area contributed by atoms with Crippen LogP contribution in [0.4, 0.5) is 4.79 Å². The van der Waals surface area contributed by atoms with E-state index in [-0.39, 0.29) is 36.9 Å². The van der Waals surface area contributed by atoms with E-state index < -0.39 is 5.60 Å². The second-order valence-corrected chi connectivity index (χ2v) is 7.32. The quantitative estimate of drug-likeness (QED) is 0.389. The van der Waals surface area contributed by atoms with E-state index in [0.29, 0.717) is 38.7 Å². The summed E-state index contributed by atoms with van der Waals surface area (Å²) in [5.74, 6) is 1.97. The van der Waals surface area contributed by atoms with Crippen molar-refractivity contribution in [3.05, 3.63) is 23.8 Å². The number of aliphatic imine (C=N–C) groups is 1. The molecule has 27 heavy (non-hydrogen) atoms. The van der Waals surface area contributed by atoms with Gasteiger partial charge in [0.15, 0.2) is 17.5 Å². The lowest BCUT2D eigenvalue weighted by molar-refractivity contribution is 0.0186. The number of rotatable bonds is 2. The van der Waals surface area contributed by atoms with Crippen molar-refractivity contribution in [2.75, 3.05) is 33.0 Å². The Kier molecular flexibility index (Phi) is 7.01. The molecule has 0 atom stereocenters. The summed E-state index contributed by atoms with van der Waals surface area (Å²) < 4.78 is 16.1. The molecule has 1 fully saturated rings. The lowest BCUT2D eigenvalue weighted by atomic mass is 10.2. The molecule has 2 N–H and O–H groups in total. The zero-order valence-electron chi connectivity index (χ0n) is 15.9. The molecule has 0 aliphatic carbocycles. The molecule has 1 aromatic rings. The molecule has 0 bridgehead atoms. The first kappa shape index (κ1) is 21.4. The van der Waals surface area contributed by atoms with Crippen molar-refractivity contribution in [2.45, 2.75) is 32.9 Å². The molecule has 0 unspecified atom stereocenters. The number of amides is 1. The van der Waals surface area contributed by atoms with Crippen molar-refractivity contribution in [2.24, 2.45) is 10.7 Å². The molecule has 1 amide bonds. The van der Waals surface area contributed by atoms with Gasteiger partial charge in [-0.15, -0.1) is 24.0 Å². The molecular weight excluding hydrogens is 463 g/mol. The highest BCUT2D eigenvalue weighted by molar-refractivity contribution is 14.0. The van der Waals surface area contributed by atoms with Crippen molar-refractivity contribution in [1.82, 2.24) is 9.80 Å². The van der Waals surface area contributed by atoms with Gasteiger partial charge in [-0.1, -0.05) is 6.07 Å². The molecular formula is C18H27IN4O4. The number of halogens is 1. The number of guanidine groups is 1. The minimum Gasteiger partial charge on any atom is -0.454 e. The van der Waals surface area contributed by atoms with Crippen LogP contribution >= 0.6 is 24.0 Å². The number of carbonyl (C=O) groups is 1. The van der Waals surface area contributed by atoms with E-state index in [0.717, 1.165) is 17.1 Å². The molecule has 1 aromatic carbocycles. The summed E-state index contributed by atoms with van der Waals surface area (Å²) in [5.41, 5.74) is 6.64. The predicted molar refractivity (Wildman–Crippen MR) is 113 cm³/mol. The van der Waals surface area contributed by atoms with Crippen molar-refractivity contribution >= 4 is 36.0 Å². The average Bonchev–Trinajstić information content (AvgIpc) is 3.06. The van der Waals surface area contributed by atoms with Gasteiger partial charge in [-0.2, -0.15) is 0 Å². The van der Waals surface area contributed by atoms with E-state index in [4.69, 9.17) is 19.9 Å². The summed E-state index contributed by atoms with van der Waals surface area (Å²) in [4.78, 5) is 20.2. The Hall–Kier alpha value is -1.91. The molecule has 9 heteroatoms. The number of benzene rings is 1. The van der Waals surface area contributed by atoms with Crippen molar-refractivity contribution in [1.29, 1.82) is 0 Å². The third-order valence-electron chi connectivity index (χ3n) is 4.12. The second-order valence-electron chi connectivity index (χ2n) is 7.32. The normalized spacial score (nSPS) is 16.8. The van der Waals surface area contributed by atoms with Gasteiger partial charge >= 0.3 is 6.09 Å². The van der Waals surface area contributed by atoms with Crippen LogP contribution in [0.1, 0.15) is 26.3 Å². The van der Waals surface area contributed by atoms with Crippen LogP contribution < -0.4 is 15.2 Å². The van der Waals surface area contributed by atoms with Crippen molar-refractivity contribution in [3.63, 3.8) is 0 Å². The number of carbonyl (C=O) groups excluding carboxylic acids is 1. The number of hydrogen-bond acceptors (Lipinski definition) is 5. The fourth-order valence-corrected chi connectivity index (χ4v) is 2.76. The molecule has 2 aliphatic heterocycles. The van der Waals surface area contributed by atoms with Gasteiger partial charge in [0.25, 0.3) is 0 Å². The zero-order valence-corrected chi connectivity index (χ0v) is 18.3. The van der Waals surface area contributed by atoms with Crippen LogP contribution in [0.15, 0.2) is 23.2 Å². The van der Waals surface area contributed by atoms with Gasteiger partial charge in [0, 0.05) is 26.2 Å². The maximum absolute atomic E-state index is 12.1. The number of nitrogens with two attached hydrogens (primary N) is 1. The third-order valence-corrected chi connectivity index (χ3v) is 4.12. The standard InChI is InChI=1S/C18H26N4O4.HI/c1-18(2,3)26-17(23)22-8-6-21(7-9-22)16(19)20-11-13-4-5-14-15(10-13)25-12-24-14;/h4-5,10H,6-9,11-12H2,1-3H3,(H2,19,20);1H. The summed E-state index contributed by atoms with van der Waals surface area (Å²) in [7, 11) is 0. The van der Waals surface area contributed by atoms with Crippen LogP contribution in [0, 0.1) is 0 Å². The Bertz CT molecular complexity index is 697. The SMILES string of the molecule is CC(C)(C)OC(=O)N1CCN(C(N)=NCc2ccc3c(c2)OCO3)CC1.I. The fraction of sp³-hybridized carbons (Fsp3) is 0.556. The number of ether oxygens (including phenoxy) is 3. The van der Waals surface area contributed by atoms with Crippen molar-refractivity contribution in [3.8, 4) is 11.5 Å². The number of piperazine rings is 1. The smallest absolute Gasteiger partial charge is 0.410 e. The molecule has 0 saturated carbocycles. The van der Waals surface area contributed by atoms with Gasteiger partial charge in [-0.3, -0.25) is 0 Å². The summed E-state index contributed by atoms with van der Waals surface area (Å²) in [6, 6.07) is 5.74. The van der Waals surface area contributed by atoms with E-state index in [9.17, 15) is 4.79 Å². The third kappa shape index (κ3) is 5.78. The van der Waals surface area contributed by atoms with Gasteiger partial charge in [0.2, 0.25) is 6.79 Å². The molecule has 0 spiro atoms. The molecule has 3 rings (SSSR count). The maximum atomic E-state index is 12.1. The number of nitrogens with zero attached hydrogens (tertiary/aromatic N) is 3. The van der Waals surface area contributed by atoms with Crippen molar-refractivity contribution < 1.29 is 19.0 Å². The summed E-state index contributed by atoms with van der Waals surface area (Å²) in [5, 5.41) is 0. The Labute approximate surface area is 176 Å². The highest BCUT2D eigenvalue weighted by atomic mass is 127. The number of fused-ring (bicyclic) bond motifs is 1. The first-order valence-corrected chi connectivity index (χ1v) is 8.73. The predicted octanol–water partition coefficient (Wildman–Crippen LogP) is 2.40. The summed E-state index contributed by atoms with van der Waals surface area (Å²) in [6.07, 6.45) is -0.284. The Morgan fingerprint density at radius 2 is 1.78 bits per heavy atom. The molecule has 2 aliphatic rings. The Balaban J connectivity index is 0.00000261. The Morgan fingerprint density at radius 3 is 2.44 bits per heavy atom. The minimum absolute atomic E-state index is 0. The molecule has 150 valence electrons. The van der Waals surface area contributed by atoms with Crippen LogP contribution in [0.5, 0.6) is 11.5 Å². The van der Waals surface area contributed by atoms with E-state index in [1.807, 2.05) is 43.9 Å². The average molecular weight is 490 g/mol. The van der Waals surface area contributed by atoms with Gasteiger partial charge in [-0.25, -0.2) is 9.79 Å². The maximum Gasteiger partial charge on any atom is 0.410 e. The van der Waals surface area contributed by atoms with Crippen LogP contribution in [-0.2, 0) is 11.3 Å². The largest absolute Gasteiger partial charge is 0.454 e. The first-order chi connectivity index (χ1) is 12.3. The van der Waals surface area contributed by atoms with Gasteiger partial charge in [0.1, 0.15) is 5.60 Å². The first-order valence-electron chi connectivity index (χ1n) is 8.73. The molecule has 8 nitrogen and oxygen atoms in total. The number of hydrogen-bond donors (Lipinski definition) is 1. The van der Waals surface area contributed by atoms with Gasteiger partial charge < -0.3 is 29.7 Å². The van der Waals surface area contributed by atoms with E-state index in [1.54, 1.807) is 4.90 Å². The molecule has 0 aromatic heterocycles. The highest BCUT2D eigenvalue weighted by Crippen LogP contribution is 2.32. The van der Waals surface area contributed by atoms with Crippen LogP contribution in [-0.4, -0.2) is 60.4 Å². The fourth-order valence-electron chi connectivity index (χ4n) is 2.76. The molecule has 2 heterocycles. The Morgan fingerprint density at radius 1 is 1.15 bits per heavy atom. The summed E-state index contributed by atoms with van der Waals surface area (Å²) >= 11 is 0. The van der Waals surface area contributed by atoms with Gasteiger partial charge in [0.05, 0.1) is 6.54 Å². The summed E-state index contributed by atoms with van der Waals surface area (Å²) in [6.45, 7) is 8.71. The van der Waals surface area contributed by atoms with Gasteiger partial charge in [-0.05, 0) is 38.5 Å². The van der Waals surface area contributed by atoms with Crippen LogP contribution in [0.25, 0.3) is 0 Å². The highest BCUT2D eigenvalue weighted by Gasteiger charge is 2.26. The monoisotopic (exact) mass is 490 g/mol. The lowest BCUT2D eigenvalue weighted by Gasteiger charge is -2.36. The van der Waals surface area contributed by atoms with E-state index in [2.05, 4.69) is 4.99 Å². The van der Waals surface area contributed by atoms with Crippen LogP contribution in [0.3, 0.4) is 0 Å². The molecule has 0 radical (unpaired) electrons. The van der Waals surface area contributed by atoms with E-state index >= 15 is 0 Å². The second kappa shape index (κ2) is 8.85. The zero-order chi connectivity index (χ0) is 18.7. The minimum atomic E-state index is -0.487. The van der Waals surface area contributed by atoms with E-state index in [1.165, 1.54) is 0 Å². The van der Waals surface area contributed by atoms with Crippen LogP contribution in [0.2, 0.25) is 0 Å². The topological polar surface area (TPSA) is 89.6 Å². The molecule has 1 saturated heterocycles. The lowest BCUT2D eigenvalue weighted by Crippen LogP contribution is -2.53.